The van der Waals surface area contributed by atoms with E-state index in [1.807, 2.05) is 20.8 Å². The van der Waals surface area contributed by atoms with Crippen molar-refractivity contribution in [2.75, 3.05) is 6.54 Å². The Kier molecular flexibility index (Phi) is 7.55. The summed E-state index contributed by atoms with van der Waals surface area (Å²) in [4.78, 5) is 11.9. The van der Waals surface area contributed by atoms with E-state index in [0.29, 0.717) is 12.5 Å². The largest absolute Gasteiger partial charge is 0.444 e. The average molecular weight is 385 g/mol. The lowest BCUT2D eigenvalue weighted by atomic mass is 10.0. The first-order valence-corrected chi connectivity index (χ1v) is 8.83. The van der Waals surface area contributed by atoms with Gasteiger partial charge in [0, 0.05) is 23.6 Å². The number of carbonyl (C=O) groups is 1. The van der Waals surface area contributed by atoms with Gasteiger partial charge in [0.15, 0.2) is 0 Å². The zero-order chi connectivity index (χ0) is 17.6. The summed E-state index contributed by atoms with van der Waals surface area (Å²) < 4.78 is 6.44. The minimum atomic E-state index is -0.479. The van der Waals surface area contributed by atoms with Crippen LogP contribution in [0.1, 0.15) is 45.7 Å². The number of nitrogens with one attached hydrogen (secondary N) is 2. The summed E-state index contributed by atoms with van der Waals surface area (Å²) in [5, 5.41) is 6.35. The summed E-state index contributed by atoms with van der Waals surface area (Å²) in [7, 11) is 0. The Labute approximate surface area is 148 Å². The quantitative estimate of drug-likeness (QED) is 0.763. The standard InChI is InChI=1S/C18H29BrN2O2/c1-12(2)16(21-17(22)23-18(4,5)6)11-20-10-14-8-7-13(3)15(19)9-14/h7-9,12,16,20H,10-11H2,1-6H3,(H,21,22). The number of alkyl carbamates (subject to hydrolysis) is 1. The molecule has 1 aromatic rings. The van der Waals surface area contributed by atoms with Gasteiger partial charge in [-0.2, -0.15) is 0 Å². The van der Waals surface area contributed by atoms with Crippen molar-refractivity contribution in [1.82, 2.24) is 10.6 Å². The Morgan fingerprint density at radius 3 is 2.48 bits per heavy atom. The number of benzene rings is 1. The van der Waals surface area contributed by atoms with E-state index in [2.05, 4.69) is 65.5 Å². The van der Waals surface area contributed by atoms with E-state index in [4.69, 9.17) is 4.74 Å². The number of hydrogen-bond acceptors (Lipinski definition) is 3. The van der Waals surface area contributed by atoms with Gasteiger partial charge in [0.25, 0.3) is 0 Å². The first-order chi connectivity index (χ1) is 10.6. The molecule has 0 spiro atoms. The van der Waals surface area contributed by atoms with Crippen molar-refractivity contribution in [3.8, 4) is 0 Å². The first-order valence-electron chi connectivity index (χ1n) is 8.04. The zero-order valence-corrected chi connectivity index (χ0v) is 16.6. The molecule has 0 aromatic heterocycles. The number of rotatable bonds is 6. The van der Waals surface area contributed by atoms with Crippen molar-refractivity contribution < 1.29 is 9.53 Å². The van der Waals surface area contributed by atoms with Crippen molar-refractivity contribution in [2.45, 2.75) is 59.7 Å². The topological polar surface area (TPSA) is 50.4 Å². The van der Waals surface area contributed by atoms with Crippen LogP contribution in [0.3, 0.4) is 0 Å². The van der Waals surface area contributed by atoms with Gasteiger partial charge in [-0.3, -0.25) is 0 Å². The molecular formula is C18H29BrN2O2. The van der Waals surface area contributed by atoms with E-state index in [1.54, 1.807) is 0 Å². The Bertz CT molecular complexity index is 524. The normalized spacial score (nSPS) is 13.0. The van der Waals surface area contributed by atoms with Crippen LogP contribution in [0, 0.1) is 12.8 Å². The van der Waals surface area contributed by atoms with Crippen LogP contribution in [-0.2, 0) is 11.3 Å². The van der Waals surface area contributed by atoms with Gasteiger partial charge in [-0.1, -0.05) is 41.9 Å². The summed E-state index contributed by atoms with van der Waals surface area (Å²) >= 11 is 3.55. The van der Waals surface area contributed by atoms with Crippen molar-refractivity contribution in [1.29, 1.82) is 0 Å². The molecule has 4 nitrogen and oxygen atoms in total. The van der Waals surface area contributed by atoms with Crippen molar-refractivity contribution in [2.24, 2.45) is 5.92 Å². The fourth-order valence-corrected chi connectivity index (χ4v) is 2.46. The third-order valence-corrected chi connectivity index (χ3v) is 4.29. The molecule has 0 aliphatic heterocycles. The molecule has 0 bridgehead atoms. The second kappa shape index (κ2) is 8.69. The molecule has 0 aliphatic carbocycles. The molecule has 2 N–H and O–H groups in total. The Hall–Kier alpha value is -1.07. The Morgan fingerprint density at radius 1 is 1.30 bits per heavy atom. The second-order valence-electron chi connectivity index (χ2n) is 7.21. The molecule has 1 unspecified atom stereocenters. The van der Waals surface area contributed by atoms with Crippen molar-refractivity contribution in [3.63, 3.8) is 0 Å². The lowest BCUT2D eigenvalue weighted by Crippen LogP contribution is -2.46. The molecule has 1 rings (SSSR count). The van der Waals surface area contributed by atoms with Gasteiger partial charge in [-0.25, -0.2) is 4.79 Å². The highest BCUT2D eigenvalue weighted by Crippen LogP contribution is 2.17. The van der Waals surface area contributed by atoms with E-state index < -0.39 is 5.60 Å². The maximum atomic E-state index is 11.9. The van der Waals surface area contributed by atoms with Gasteiger partial charge in [0.1, 0.15) is 5.60 Å². The Balaban J connectivity index is 2.50. The third-order valence-electron chi connectivity index (χ3n) is 3.44. The molecule has 1 aromatic carbocycles. The van der Waals surface area contributed by atoms with Gasteiger partial charge in [0.2, 0.25) is 0 Å². The summed E-state index contributed by atoms with van der Waals surface area (Å²) in [6, 6.07) is 6.35. The lowest BCUT2D eigenvalue weighted by Gasteiger charge is -2.26. The average Bonchev–Trinajstić information content (AvgIpc) is 2.39. The van der Waals surface area contributed by atoms with Gasteiger partial charge >= 0.3 is 6.09 Å². The van der Waals surface area contributed by atoms with Crippen LogP contribution in [0.4, 0.5) is 4.79 Å². The van der Waals surface area contributed by atoms with Crippen LogP contribution in [0.15, 0.2) is 22.7 Å². The molecule has 1 amide bonds. The maximum Gasteiger partial charge on any atom is 0.407 e. The highest BCUT2D eigenvalue weighted by Gasteiger charge is 2.21. The summed E-state index contributed by atoms with van der Waals surface area (Å²) in [6.45, 7) is 13.3. The van der Waals surface area contributed by atoms with E-state index in [9.17, 15) is 4.79 Å². The minimum Gasteiger partial charge on any atom is -0.444 e. The van der Waals surface area contributed by atoms with E-state index in [1.165, 1.54) is 11.1 Å². The number of halogens is 1. The molecule has 0 aliphatic rings. The van der Waals surface area contributed by atoms with Crippen LogP contribution in [-0.4, -0.2) is 24.3 Å². The maximum absolute atomic E-state index is 11.9. The molecule has 0 saturated carbocycles. The van der Waals surface area contributed by atoms with E-state index in [0.717, 1.165) is 11.0 Å². The predicted octanol–water partition coefficient (Wildman–Crippen LogP) is 4.40. The monoisotopic (exact) mass is 384 g/mol. The summed E-state index contributed by atoms with van der Waals surface area (Å²) in [5.74, 6) is 0.319. The number of hydrogen-bond donors (Lipinski definition) is 2. The molecule has 23 heavy (non-hydrogen) atoms. The van der Waals surface area contributed by atoms with E-state index in [-0.39, 0.29) is 12.1 Å². The van der Waals surface area contributed by atoms with Gasteiger partial charge in [-0.15, -0.1) is 0 Å². The number of ether oxygens (including phenoxy) is 1. The lowest BCUT2D eigenvalue weighted by molar-refractivity contribution is 0.0490. The van der Waals surface area contributed by atoms with Crippen molar-refractivity contribution >= 4 is 22.0 Å². The molecule has 0 heterocycles. The van der Waals surface area contributed by atoms with E-state index >= 15 is 0 Å². The highest BCUT2D eigenvalue weighted by molar-refractivity contribution is 9.10. The number of aryl methyl sites for hydroxylation is 1. The van der Waals surface area contributed by atoms with Crippen LogP contribution in [0.2, 0.25) is 0 Å². The fourth-order valence-electron chi connectivity index (χ4n) is 2.03. The fraction of sp³-hybridized carbons (Fsp3) is 0.611. The first kappa shape index (κ1) is 20.0. The number of amides is 1. The molecule has 0 radical (unpaired) electrons. The number of carbonyl (C=O) groups excluding carboxylic acids is 1. The van der Waals surface area contributed by atoms with Crippen molar-refractivity contribution in [3.05, 3.63) is 33.8 Å². The SMILES string of the molecule is Cc1ccc(CNCC(NC(=O)OC(C)(C)C)C(C)C)cc1Br. The molecule has 0 saturated heterocycles. The highest BCUT2D eigenvalue weighted by atomic mass is 79.9. The zero-order valence-electron chi connectivity index (χ0n) is 15.0. The second-order valence-corrected chi connectivity index (χ2v) is 8.07. The smallest absolute Gasteiger partial charge is 0.407 e. The summed E-state index contributed by atoms with van der Waals surface area (Å²) in [6.07, 6.45) is -0.365. The Morgan fingerprint density at radius 2 is 1.96 bits per heavy atom. The van der Waals surface area contributed by atoms with Crippen LogP contribution in [0.25, 0.3) is 0 Å². The third kappa shape index (κ3) is 7.84. The van der Waals surface area contributed by atoms with Crippen LogP contribution >= 0.6 is 15.9 Å². The molecule has 130 valence electrons. The molecule has 5 heteroatoms. The predicted molar refractivity (Wildman–Crippen MR) is 98.6 cm³/mol. The van der Waals surface area contributed by atoms with Gasteiger partial charge in [0.05, 0.1) is 0 Å². The minimum absolute atomic E-state index is 0.0266. The van der Waals surface area contributed by atoms with Crippen LogP contribution < -0.4 is 10.6 Å². The van der Waals surface area contributed by atoms with Crippen LogP contribution in [0.5, 0.6) is 0 Å². The molecular weight excluding hydrogens is 356 g/mol. The molecule has 0 fully saturated rings. The molecule has 1 atom stereocenters. The summed E-state index contributed by atoms with van der Waals surface area (Å²) in [5.41, 5.74) is 1.95. The van der Waals surface area contributed by atoms with Gasteiger partial charge in [-0.05, 0) is 50.8 Å². The van der Waals surface area contributed by atoms with Gasteiger partial charge < -0.3 is 15.4 Å².